The fourth-order valence-electron chi connectivity index (χ4n) is 9.82. The molecule has 0 aromatic rings. The molecule has 4 fully saturated rings. The third kappa shape index (κ3) is 4.49. The van der Waals surface area contributed by atoms with Crippen LogP contribution in [0.15, 0.2) is 0 Å². The average molecular weight is 503 g/mol. The van der Waals surface area contributed by atoms with Gasteiger partial charge in [-0.1, -0.05) is 34.1 Å². The smallest absolute Gasteiger partial charge is 0.393 e. The molecule has 0 aliphatic heterocycles. The number of hydrogen-bond donors (Lipinski definition) is 4. The highest BCUT2D eigenvalue weighted by molar-refractivity contribution is 7.80. The van der Waals surface area contributed by atoms with Crippen LogP contribution in [0.5, 0.6) is 0 Å². The number of aliphatic hydroxyl groups excluding tert-OH is 3. The highest BCUT2D eigenvalue weighted by atomic mass is 32.3. The molecule has 4 saturated carbocycles. The second kappa shape index (κ2) is 9.56. The maximum absolute atomic E-state index is 11.8. The summed E-state index contributed by atoms with van der Waals surface area (Å²) in [6.07, 6.45) is 6.30. The van der Waals surface area contributed by atoms with Gasteiger partial charge in [-0.25, -0.2) is 4.18 Å². The second-order valence-corrected chi connectivity index (χ2v) is 13.7. The van der Waals surface area contributed by atoms with Gasteiger partial charge in [-0.15, -0.1) is 0 Å². The summed E-state index contributed by atoms with van der Waals surface area (Å²) in [5.41, 5.74) is -0.123. The van der Waals surface area contributed by atoms with Crippen molar-refractivity contribution in [2.45, 2.75) is 104 Å². The summed E-state index contributed by atoms with van der Waals surface area (Å²) in [6, 6.07) is 0. The van der Waals surface area contributed by atoms with Crippen LogP contribution < -0.4 is 0 Å². The normalized spacial score (nSPS) is 49.7. The Morgan fingerprint density at radius 1 is 1.06 bits per heavy atom. The van der Waals surface area contributed by atoms with Crippen molar-refractivity contribution in [3.8, 4) is 0 Å². The zero-order valence-electron chi connectivity index (χ0n) is 21.3. The molecule has 12 atom stereocenters. The molecule has 0 radical (unpaired) electrons. The molecule has 0 bridgehead atoms. The lowest BCUT2D eigenvalue weighted by atomic mass is 9.40. The summed E-state index contributed by atoms with van der Waals surface area (Å²) in [5.74, 6) is 1.63. The van der Waals surface area contributed by atoms with Crippen molar-refractivity contribution in [1.82, 2.24) is 0 Å². The lowest BCUT2D eigenvalue weighted by molar-refractivity contribution is -0.235. The largest absolute Gasteiger partial charge is 0.397 e. The van der Waals surface area contributed by atoms with Crippen LogP contribution in [-0.4, -0.2) is 53.2 Å². The van der Waals surface area contributed by atoms with E-state index < -0.39 is 22.6 Å². The van der Waals surface area contributed by atoms with E-state index in [9.17, 15) is 23.7 Å². The zero-order chi connectivity index (χ0) is 25.1. The maximum Gasteiger partial charge on any atom is 0.397 e. The van der Waals surface area contributed by atoms with E-state index in [-0.39, 0.29) is 47.2 Å². The van der Waals surface area contributed by atoms with Crippen LogP contribution in [-0.2, 0) is 14.6 Å². The summed E-state index contributed by atoms with van der Waals surface area (Å²) in [6.45, 7) is 8.98. The predicted molar refractivity (Wildman–Crippen MR) is 129 cm³/mol. The van der Waals surface area contributed by atoms with Crippen LogP contribution in [0, 0.1) is 52.3 Å². The molecule has 5 unspecified atom stereocenters. The standard InChI is InChI=1S/C26H46O7S/c1-5-17-20-13-16(27)10-11-25(20,3)23-21(28)14-26(4)18(8-9-19(26)22(23)24(17)29)15(2)7-6-12-33-34(30,31)32/h15-24,27-29H,5-14H2,1-4H3,(H,30,31,32)/t15-,16-,17-,18-,19?,20+,21?,22?,23?,24?,25+,26-/m1/s1. The summed E-state index contributed by atoms with van der Waals surface area (Å²) < 4.78 is 35.0. The molecule has 7 nitrogen and oxygen atoms in total. The highest BCUT2D eigenvalue weighted by Gasteiger charge is 2.67. The quantitative estimate of drug-likeness (QED) is 0.308. The summed E-state index contributed by atoms with van der Waals surface area (Å²) in [7, 11) is -4.40. The number of aliphatic hydroxyl groups is 3. The van der Waals surface area contributed by atoms with Crippen LogP contribution in [0.1, 0.15) is 85.5 Å². The molecular formula is C26H46O7S. The van der Waals surface area contributed by atoms with Crippen molar-refractivity contribution >= 4 is 10.4 Å². The SMILES string of the molecule is CC[C@H]1C(O)C2C3CC[C@H]([C@H](C)CCCOS(=O)(=O)O)[C@@]3(C)CC(O)C2[C@@]2(C)CC[C@@H](O)C[C@@H]12. The molecule has 0 heterocycles. The van der Waals surface area contributed by atoms with Crippen molar-refractivity contribution < 1.29 is 32.5 Å². The molecule has 198 valence electrons. The fourth-order valence-corrected chi connectivity index (χ4v) is 10.1. The monoisotopic (exact) mass is 502 g/mol. The lowest BCUT2D eigenvalue weighted by Crippen LogP contribution is -2.65. The van der Waals surface area contributed by atoms with E-state index >= 15 is 0 Å². The van der Waals surface area contributed by atoms with E-state index in [1.165, 1.54) is 0 Å². The number of rotatable bonds is 7. The van der Waals surface area contributed by atoms with E-state index in [4.69, 9.17) is 4.55 Å². The van der Waals surface area contributed by atoms with E-state index in [2.05, 4.69) is 31.9 Å². The van der Waals surface area contributed by atoms with Gasteiger partial charge < -0.3 is 15.3 Å². The molecule has 4 aliphatic rings. The first-order valence-electron chi connectivity index (χ1n) is 13.5. The van der Waals surface area contributed by atoms with Crippen LogP contribution in [0.4, 0.5) is 0 Å². The Morgan fingerprint density at radius 2 is 1.76 bits per heavy atom. The van der Waals surface area contributed by atoms with Crippen LogP contribution in [0.25, 0.3) is 0 Å². The second-order valence-electron chi connectivity index (χ2n) is 12.6. The van der Waals surface area contributed by atoms with Crippen molar-refractivity contribution in [1.29, 1.82) is 0 Å². The van der Waals surface area contributed by atoms with Gasteiger partial charge in [0.15, 0.2) is 0 Å². The van der Waals surface area contributed by atoms with Gasteiger partial charge in [0.05, 0.1) is 24.9 Å². The third-order valence-electron chi connectivity index (χ3n) is 11.1. The summed E-state index contributed by atoms with van der Waals surface area (Å²) in [4.78, 5) is 0. The van der Waals surface area contributed by atoms with Crippen molar-refractivity contribution in [3.05, 3.63) is 0 Å². The minimum absolute atomic E-state index is 0.0220. The van der Waals surface area contributed by atoms with E-state index in [1.807, 2.05) is 0 Å². The minimum Gasteiger partial charge on any atom is -0.393 e. The predicted octanol–water partition coefficient (Wildman–Crippen LogP) is 3.82. The van der Waals surface area contributed by atoms with E-state index in [0.29, 0.717) is 24.2 Å². The lowest BCUT2D eigenvalue weighted by Gasteiger charge is -2.66. The molecule has 0 saturated heterocycles. The Hall–Kier alpha value is -0.250. The molecule has 8 heteroatoms. The van der Waals surface area contributed by atoms with Gasteiger partial charge in [0.1, 0.15) is 0 Å². The zero-order valence-corrected chi connectivity index (χ0v) is 22.1. The highest BCUT2D eigenvalue weighted by Crippen LogP contribution is 2.69. The Kier molecular flexibility index (Phi) is 7.54. The van der Waals surface area contributed by atoms with Crippen LogP contribution in [0.3, 0.4) is 0 Å². The van der Waals surface area contributed by atoms with Gasteiger partial charge in [-0.05, 0) is 104 Å². The Labute approximate surface area is 205 Å². The summed E-state index contributed by atoms with van der Waals surface area (Å²) in [5, 5.41) is 33.9. The van der Waals surface area contributed by atoms with Gasteiger partial charge in [0.2, 0.25) is 0 Å². The van der Waals surface area contributed by atoms with E-state index in [1.54, 1.807) is 0 Å². The molecule has 0 amide bonds. The summed E-state index contributed by atoms with van der Waals surface area (Å²) >= 11 is 0. The number of hydrogen-bond acceptors (Lipinski definition) is 6. The third-order valence-corrected chi connectivity index (χ3v) is 11.6. The number of fused-ring (bicyclic) bond motifs is 5. The first kappa shape index (κ1) is 26.8. The Bertz CT molecular complexity index is 833. The first-order chi connectivity index (χ1) is 15.8. The molecule has 4 rings (SSSR count). The van der Waals surface area contributed by atoms with E-state index in [0.717, 1.165) is 51.4 Å². The molecule has 4 aliphatic carbocycles. The van der Waals surface area contributed by atoms with Gasteiger partial charge in [0, 0.05) is 0 Å². The Morgan fingerprint density at radius 3 is 2.41 bits per heavy atom. The topological polar surface area (TPSA) is 124 Å². The maximum atomic E-state index is 11.8. The van der Waals surface area contributed by atoms with Crippen LogP contribution >= 0.6 is 0 Å². The fraction of sp³-hybridized carbons (Fsp3) is 1.00. The van der Waals surface area contributed by atoms with Crippen molar-refractivity contribution in [2.75, 3.05) is 6.61 Å². The molecular weight excluding hydrogens is 456 g/mol. The molecule has 34 heavy (non-hydrogen) atoms. The Balaban J connectivity index is 1.56. The molecule has 0 spiro atoms. The molecule has 4 N–H and O–H groups in total. The van der Waals surface area contributed by atoms with Crippen LogP contribution in [0.2, 0.25) is 0 Å². The minimum atomic E-state index is -4.40. The van der Waals surface area contributed by atoms with Gasteiger partial charge in [0.25, 0.3) is 0 Å². The van der Waals surface area contributed by atoms with Gasteiger partial charge in [-0.2, -0.15) is 8.42 Å². The molecule has 0 aromatic heterocycles. The first-order valence-corrected chi connectivity index (χ1v) is 14.9. The van der Waals surface area contributed by atoms with Gasteiger partial charge in [-0.3, -0.25) is 4.55 Å². The van der Waals surface area contributed by atoms with Crippen molar-refractivity contribution in [3.63, 3.8) is 0 Å². The molecule has 0 aromatic carbocycles. The average Bonchev–Trinajstić information content (AvgIpc) is 3.08. The van der Waals surface area contributed by atoms with Crippen molar-refractivity contribution in [2.24, 2.45) is 52.3 Å². The van der Waals surface area contributed by atoms with Gasteiger partial charge >= 0.3 is 10.4 Å².